The van der Waals surface area contributed by atoms with Crippen LogP contribution in [0, 0.1) is 11.3 Å². The van der Waals surface area contributed by atoms with Crippen LogP contribution in [0.2, 0.25) is 10.0 Å². The molecule has 2 aromatic rings. The van der Waals surface area contributed by atoms with Crippen molar-refractivity contribution >= 4 is 45.2 Å². The van der Waals surface area contributed by atoms with E-state index in [1.807, 2.05) is 30.3 Å². The number of hydrogen-bond donors (Lipinski definition) is 0. The number of halogens is 3. The molecule has 2 rings (SSSR count). The molecule has 21 heavy (non-hydrogen) atoms. The van der Waals surface area contributed by atoms with E-state index in [1.54, 1.807) is 18.2 Å². The van der Waals surface area contributed by atoms with Gasteiger partial charge in [0.05, 0.1) is 6.07 Å². The topological polar surface area (TPSA) is 33.0 Å². The predicted octanol–water partition coefficient (Wildman–Crippen LogP) is 5.87. The molecular formula is C16H10BrCl2NO. The van der Waals surface area contributed by atoms with Crippen LogP contribution in [0.25, 0.3) is 6.08 Å². The average Bonchev–Trinajstić information content (AvgIpc) is 2.45. The molecule has 0 fully saturated rings. The normalized spacial score (nSPS) is 10.6. The SMILES string of the molecule is N#C/C=C/c1cc(Br)ccc1OCc1ccc(Cl)cc1Cl. The van der Waals surface area contributed by atoms with E-state index in [9.17, 15) is 0 Å². The van der Waals surface area contributed by atoms with Crippen molar-refractivity contribution in [2.75, 3.05) is 0 Å². The van der Waals surface area contributed by atoms with Gasteiger partial charge in [0.1, 0.15) is 12.4 Å². The van der Waals surface area contributed by atoms with E-state index in [-0.39, 0.29) is 0 Å². The zero-order valence-corrected chi connectivity index (χ0v) is 13.9. The average molecular weight is 383 g/mol. The first-order valence-corrected chi connectivity index (χ1v) is 7.57. The third-order valence-electron chi connectivity index (χ3n) is 2.71. The minimum atomic E-state index is 0.324. The van der Waals surface area contributed by atoms with Crippen molar-refractivity contribution in [2.24, 2.45) is 0 Å². The van der Waals surface area contributed by atoms with Gasteiger partial charge in [0, 0.05) is 31.7 Å². The zero-order valence-electron chi connectivity index (χ0n) is 10.8. The number of nitriles is 1. The van der Waals surface area contributed by atoms with E-state index in [0.29, 0.717) is 22.4 Å². The summed E-state index contributed by atoms with van der Waals surface area (Å²) < 4.78 is 6.70. The molecule has 106 valence electrons. The van der Waals surface area contributed by atoms with Crippen LogP contribution in [0.4, 0.5) is 0 Å². The van der Waals surface area contributed by atoms with Gasteiger partial charge in [0.2, 0.25) is 0 Å². The highest BCUT2D eigenvalue weighted by Gasteiger charge is 2.05. The summed E-state index contributed by atoms with van der Waals surface area (Å²) >= 11 is 15.4. The van der Waals surface area contributed by atoms with E-state index < -0.39 is 0 Å². The number of nitrogens with zero attached hydrogens (tertiary/aromatic N) is 1. The summed E-state index contributed by atoms with van der Waals surface area (Å²) in [7, 11) is 0. The molecule has 0 bridgehead atoms. The summed E-state index contributed by atoms with van der Waals surface area (Å²) in [4.78, 5) is 0. The fourth-order valence-corrected chi connectivity index (χ4v) is 2.54. The maximum absolute atomic E-state index is 8.64. The first-order chi connectivity index (χ1) is 10.1. The second kappa shape index (κ2) is 7.51. The Kier molecular flexibility index (Phi) is 5.69. The van der Waals surface area contributed by atoms with Crippen molar-refractivity contribution in [3.05, 3.63) is 68.1 Å². The van der Waals surface area contributed by atoms with Gasteiger partial charge in [0.15, 0.2) is 0 Å². The first kappa shape index (κ1) is 15.9. The number of hydrogen-bond acceptors (Lipinski definition) is 2. The molecule has 0 heterocycles. The molecule has 0 radical (unpaired) electrons. The lowest BCUT2D eigenvalue weighted by Crippen LogP contribution is -1.98. The van der Waals surface area contributed by atoms with Gasteiger partial charge in [-0.2, -0.15) is 5.26 Å². The van der Waals surface area contributed by atoms with Crippen LogP contribution in [-0.2, 0) is 6.61 Å². The summed E-state index contributed by atoms with van der Waals surface area (Å²) in [5, 5.41) is 9.79. The highest BCUT2D eigenvalue weighted by atomic mass is 79.9. The molecule has 0 spiro atoms. The minimum Gasteiger partial charge on any atom is -0.488 e. The zero-order chi connectivity index (χ0) is 15.2. The van der Waals surface area contributed by atoms with Crippen molar-refractivity contribution in [3.8, 4) is 11.8 Å². The monoisotopic (exact) mass is 381 g/mol. The van der Waals surface area contributed by atoms with Gasteiger partial charge in [0.25, 0.3) is 0 Å². The lowest BCUT2D eigenvalue weighted by atomic mass is 10.2. The fraction of sp³-hybridized carbons (Fsp3) is 0.0625. The van der Waals surface area contributed by atoms with Crippen LogP contribution in [0.1, 0.15) is 11.1 Å². The van der Waals surface area contributed by atoms with Gasteiger partial charge in [-0.05, 0) is 36.4 Å². The second-order valence-corrected chi connectivity index (χ2v) is 5.93. The van der Waals surface area contributed by atoms with E-state index >= 15 is 0 Å². The number of ether oxygens (including phenoxy) is 1. The van der Waals surface area contributed by atoms with E-state index in [4.69, 9.17) is 33.2 Å². The molecule has 0 aromatic heterocycles. The molecule has 2 aromatic carbocycles. The highest BCUT2D eigenvalue weighted by Crippen LogP contribution is 2.27. The first-order valence-electron chi connectivity index (χ1n) is 6.02. The summed E-state index contributed by atoms with van der Waals surface area (Å²) in [6.45, 7) is 0.324. The van der Waals surface area contributed by atoms with Gasteiger partial charge >= 0.3 is 0 Å². The lowest BCUT2D eigenvalue weighted by Gasteiger charge is -2.11. The van der Waals surface area contributed by atoms with Crippen LogP contribution < -0.4 is 4.74 Å². The molecule has 0 aliphatic rings. The summed E-state index contributed by atoms with van der Waals surface area (Å²) in [6, 6.07) is 12.8. The molecule has 0 amide bonds. The lowest BCUT2D eigenvalue weighted by molar-refractivity contribution is 0.305. The quantitative estimate of drug-likeness (QED) is 0.619. The maximum Gasteiger partial charge on any atom is 0.127 e. The van der Waals surface area contributed by atoms with Crippen molar-refractivity contribution in [1.29, 1.82) is 5.26 Å². The molecular weight excluding hydrogens is 373 g/mol. The van der Waals surface area contributed by atoms with Gasteiger partial charge in [-0.1, -0.05) is 45.2 Å². The maximum atomic E-state index is 8.64. The smallest absolute Gasteiger partial charge is 0.127 e. The Morgan fingerprint density at radius 3 is 2.71 bits per heavy atom. The predicted molar refractivity (Wildman–Crippen MR) is 89.6 cm³/mol. The third-order valence-corrected chi connectivity index (χ3v) is 3.79. The molecule has 2 nitrogen and oxygen atoms in total. The van der Waals surface area contributed by atoms with E-state index in [2.05, 4.69) is 15.9 Å². The Labute approximate surface area is 141 Å². The van der Waals surface area contributed by atoms with Crippen molar-refractivity contribution in [2.45, 2.75) is 6.61 Å². The van der Waals surface area contributed by atoms with Crippen LogP contribution in [0.15, 0.2) is 46.9 Å². The van der Waals surface area contributed by atoms with Crippen LogP contribution in [0.3, 0.4) is 0 Å². The molecule has 0 aliphatic carbocycles. The van der Waals surface area contributed by atoms with E-state index in [0.717, 1.165) is 15.6 Å². The Morgan fingerprint density at radius 1 is 1.19 bits per heavy atom. The Morgan fingerprint density at radius 2 is 2.00 bits per heavy atom. The van der Waals surface area contributed by atoms with Gasteiger partial charge in [-0.3, -0.25) is 0 Å². The molecule has 0 saturated heterocycles. The van der Waals surface area contributed by atoms with Gasteiger partial charge < -0.3 is 4.74 Å². The van der Waals surface area contributed by atoms with Crippen LogP contribution >= 0.6 is 39.1 Å². The summed E-state index contributed by atoms with van der Waals surface area (Å²) in [5.41, 5.74) is 1.66. The number of rotatable bonds is 4. The molecule has 0 aliphatic heterocycles. The second-order valence-electron chi connectivity index (χ2n) is 4.17. The summed E-state index contributed by atoms with van der Waals surface area (Å²) in [5.74, 6) is 0.677. The highest BCUT2D eigenvalue weighted by molar-refractivity contribution is 9.10. The molecule has 0 unspecified atom stereocenters. The number of allylic oxidation sites excluding steroid dienone is 1. The standard InChI is InChI=1S/C16H10BrCl2NO/c17-13-4-6-16(11(8-13)2-1-7-20)21-10-12-3-5-14(18)9-15(12)19/h1-6,8-9H,10H2/b2-1+. The molecule has 0 N–H and O–H groups in total. The fourth-order valence-electron chi connectivity index (χ4n) is 1.70. The van der Waals surface area contributed by atoms with Gasteiger partial charge in [-0.25, -0.2) is 0 Å². The van der Waals surface area contributed by atoms with Crippen molar-refractivity contribution < 1.29 is 4.74 Å². The molecule has 0 atom stereocenters. The van der Waals surface area contributed by atoms with E-state index in [1.165, 1.54) is 6.08 Å². The largest absolute Gasteiger partial charge is 0.488 e. The summed E-state index contributed by atoms with van der Waals surface area (Å²) in [6.07, 6.45) is 3.10. The van der Waals surface area contributed by atoms with Crippen LogP contribution in [0.5, 0.6) is 5.75 Å². The number of benzene rings is 2. The Balaban J connectivity index is 2.20. The van der Waals surface area contributed by atoms with Crippen molar-refractivity contribution in [1.82, 2.24) is 0 Å². The van der Waals surface area contributed by atoms with Crippen molar-refractivity contribution in [3.63, 3.8) is 0 Å². The van der Waals surface area contributed by atoms with Crippen LogP contribution in [-0.4, -0.2) is 0 Å². The molecule has 5 heteroatoms. The third kappa shape index (κ3) is 4.50. The molecule has 0 saturated carbocycles. The Bertz CT molecular complexity index is 723. The van der Waals surface area contributed by atoms with Gasteiger partial charge in [-0.15, -0.1) is 0 Å². The Hall–Kier alpha value is -1.47. The minimum absolute atomic E-state index is 0.324.